The van der Waals surface area contributed by atoms with Crippen molar-refractivity contribution in [2.24, 2.45) is 0 Å². The molecule has 100 valence electrons. The summed E-state index contributed by atoms with van der Waals surface area (Å²) in [6.45, 7) is 4.05. The lowest BCUT2D eigenvalue weighted by atomic mass is 10.1. The van der Waals surface area contributed by atoms with Crippen LogP contribution in [0.1, 0.15) is 31.4 Å². The number of likely N-dealkylation sites (N-methyl/N-ethyl adjacent to an activating group) is 2. The van der Waals surface area contributed by atoms with Gasteiger partial charge < -0.3 is 14.9 Å². The minimum Gasteiger partial charge on any atom is -0.389 e. The van der Waals surface area contributed by atoms with E-state index in [9.17, 15) is 5.11 Å². The molecule has 0 radical (unpaired) electrons. The molecule has 0 spiro atoms. The molecule has 1 aliphatic heterocycles. The van der Waals surface area contributed by atoms with Gasteiger partial charge in [-0.2, -0.15) is 0 Å². The Hall–Kier alpha value is -1.13. The van der Waals surface area contributed by atoms with Crippen LogP contribution in [0.5, 0.6) is 0 Å². The number of hydrogen-bond donors (Lipinski definition) is 1. The largest absolute Gasteiger partial charge is 0.389 e. The minimum absolute atomic E-state index is 0.447. The summed E-state index contributed by atoms with van der Waals surface area (Å²) in [6.07, 6.45) is 3.79. The van der Waals surface area contributed by atoms with Crippen LogP contribution in [0.3, 0.4) is 0 Å². The van der Waals surface area contributed by atoms with Gasteiger partial charge in [0, 0.05) is 25.8 Å². The van der Waals surface area contributed by atoms with Crippen molar-refractivity contribution in [3.05, 3.63) is 23.9 Å². The molecule has 1 saturated heterocycles. The van der Waals surface area contributed by atoms with Crippen LogP contribution in [0.2, 0.25) is 0 Å². The van der Waals surface area contributed by atoms with E-state index in [2.05, 4.69) is 28.9 Å². The summed E-state index contributed by atoms with van der Waals surface area (Å²) in [4.78, 5) is 9.07. The van der Waals surface area contributed by atoms with Crippen molar-refractivity contribution in [2.75, 3.05) is 32.1 Å². The summed E-state index contributed by atoms with van der Waals surface area (Å²) in [5, 5.41) is 9.48. The third-order valence-electron chi connectivity index (χ3n) is 3.76. The zero-order valence-corrected chi connectivity index (χ0v) is 11.5. The Morgan fingerprint density at radius 3 is 2.83 bits per heavy atom. The molecule has 1 aromatic rings. The van der Waals surface area contributed by atoms with Crippen molar-refractivity contribution in [3.63, 3.8) is 0 Å². The number of nitrogens with zero attached hydrogens (tertiary/aromatic N) is 3. The highest BCUT2D eigenvalue weighted by atomic mass is 16.3. The third kappa shape index (κ3) is 3.00. The smallest absolute Gasteiger partial charge is 0.128 e. The van der Waals surface area contributed by atoms with Crippen LogP contribution in [0.4, 0.5) is 5.82 Å². The van der Waals surface area contributed by atoms with Crippen LogP contribution >= 0.6 is 0 Å². The Bertz CT molecular complexity index is 377. The first-order valence-electron chi connectivity index (χ1n) is 6.63. The van der Waals surface area contributed by atoms with Crippen molar-refractivity contribution in [1.82, 2.24) is 9.88 Å². The summed E-state index contributed by atoms with van der Waals surface area (Å²) in [5.41, 5.74) is 0.868. The Morgan fingerprint density at radius 2 is 2.28 bits per heavy atom. The van der Waals surface area contributed by atoms with Gasteiger partial charge in [0.05, 0.1) is 6.10 Å². The molecule has 2 unspecified atom stereocenters. The fourth-order valence-electron chi connectivity index (χ4n) is 2.50. The van der Waals surface area contributed by atoms with E-state index in [1.54, 1.807) is 13.1 Å². The van der Waals surface area contributed by atoms with E-state index in [-0.39, 0.29) is 0 Å². The predicted molar refractivity (Wildman–Crippen MR) is 73.8 cm³/mol. The van der Waals surface area contributed by atoms with Crippen molar-refractivity contribution < 1.29 is 5.11 Å². The lowest BCUT2D eigenvalue weighted by Gasteiger charge is -2.36. The number of anilines is 1. The molecule has 0 bridgehead atoms. The molecule has 0 amide bonds. The quantitative estimate of drug-likeness (QED) is 0.884. The average molecular weight is 249 g/mol. The molecule has 2 atom stereocenters. The van der Waals surface area contributed by atoms with Crippen LogP contribution in [-0.4, -0.2) is 48.2 Å². The lowest BCUT2D eigenvalue weighted by molar-refractivity contribution is 0.199. The number of hydrogen-bond acceptors (Lipinski definition) is 4. The number of pyridine rings is 1. The van der Waals surface area contributed by atoms with Crippen molar-refractivity contribution >= 4 is 5.82 Å². The Balaban J connectivity index is 2.05. The van der Waals surface area contributed by atoms with Crippen LogP contribution in [0.25, 0.3) is 0 Å². The zero-order valence-electron chi connectivity index (χ0n) is 11.5. The molecule has 4 heteroatoms. The third-order valence-corrected chi connectivity index (χ3v) is 3.76. The summed E-state index contributed by atoms with van der Waals surface area (Å²) in [7, 11) is 4.28. The second kappa shape index (κ2) is 5.67. The first-order chi connectivity index (χ1) is 8.58. The Morgan fingerprint density at radius 1 is 1.50 bits per heavy atom. The van der Waals surface area contributed by atoms with Gasteiger partial charge >= 0.3 is 0 Å². The van der Waals surface area contributed by atoms with Crippen LogP contribution in [0.15, 0.2) is 18.3 Å². The molecule has 4 nitrogen and oxygen atoms in total. The van der Waals surface area contributed by atoms with Gasteiger partial charge in [0.15, 0.2) is 0 Å². The standard InChI is InChI=1S/C14H23N3O/c1-11(18)12-6-7-14(15-9-12)17(3)13-5-4-8-16(2)10-13/h6-7,9,11,13,18H,4-5,8,10H2,1-3H3. The van der Waals surface area contributed by atoms with Crippen molar-refractivity contribution in [1.29, 1.82) is 0 Å². The van der Waals surface area contributed by atoms with Gasteiger partial charge in [0.1, 0.15) is 5.82 Å². The number of rotatable bonds is 3. The molecule has 18 heavy (non-hydrogen) atoms. The van der Waals surface area contributed by atoms with Gasteiger partial charge in [-0.1, -0.05) is 6.07 Å². The topological polar surface area (TPSA) is 39.6 Å². The monoisotopic (exact) mass is 249 g/mol. The van der Waals surface area contributed by atoms with E-state index < -0.39 is 6.10 Å². The SMILES string of the molecule is CC(O)c1ccc(N(C)C2CCCN(C)C2)nc1. The second-order valence-corrected chi connectivity index (χ2v) is 5.29. The molecule has 1 N–H and O–H groups in total. The molecule has 2 rings (SSSR count). The molecular weight excluding hydrogens is 226 g/mol. The molecule has 1 aromatic heterocycles. The van der Waals surface area contributed by atoms with E-state index in [0.29, 0.717) is 6.04 Å². The first kappa shape index (κ1) is 13.3. The highest BCUT2D eigenvalue weighted by molar-refractivity contribution is 5.40. The summed E-state index contributed by atoms with van der Waals surface area (Å²) < 4.78 is 0. The molecule has 1 fully saturated rings. The van der Waals surface area contributed by atoms with E-state index in [4.69, 9.17) is 0 Å². The van der Waals surface area contributed by atoms with E-state index in [0.717, 1.165) is 17.9 Å². The molecule has 1 aliphatic rings. The van der Waals surface area contributed by atoms with Crippen LogP contribution in [-0.2, 0) is 0 Å². The van der Waals surface area contributed by atoms with E-state index in [1.807, 2.05) is 12.1 Å². The number of likely N-dealkylation sites (tertiary alicyclic amines) is 1. The van der Waals surface area contributed by atoms with Crippen LogP contribution < -0.4 is 4.90 Å². The fraction of sp³-hybridized carbons (Fsp3) is 0.643. The highest BCUT2D eigenvalue weighted by Crippen LogP contribution is 2.20. The zero-order chi connectivity index (χ0) is 13.1. The van der Waals surface area contributed by atoms with Gasteiger partial charge in [0.25, 0.3) is 0 Å². The number of aromatic nitrogens is 1. The molecule has 2 heterocycles. The Kier molecular flexibility index (Phi) is 4.19. The molecular formula is C14H23N3O. The maximum atomic E-state index is 9.48. The predicted octanol–water partition coefficient (Wildman–Crippen LogP) is 1.67. The van der Waals surface area contributed by atoms with E-state index in [1.165, 1.54) is 19.4 Å². The number of piperidine rings is 1. The maximum absolute atomic E-state index is 9.48. The molecule has 0 aliphatic carbocycles. The van der Waals surface area contributed by atoms with Crippen molar-refractivity contribution in [2.45, 2.75) is 31.9 Å². The highest BCUT2D eigenvalue weighted by Gasteiger charge is 2.21. The average Bonchev–Trinajstić information content (AvgIpc) is 2.38. The number of aliphatic hydroxyl groups is 1. The normalized spacial score (nSPS) is 22.8. The molecule has 0 aromatic carbocycles. The van der Waals surface area contributed by atoms with Gasteiger partial charge in [-0.05, 0) is 45.0 Å². The lowest BCUT2D eigenvalue weighted by Crippen LogP contribution is -2.45. The second-order valence-electron chi connectivity index (χ2n) is 5.29. The van der Waals surface area contributed by atoms with E-state index >= 15 is 0 Å². The molecule has 0 saturated carbocycles. The van der Waals surface area contributed by atoms with Gasteiger partial charge in [-0.25, -0.2) is 4.98 Å². The fourth-order valence-corrected chi connectivity index (χ4v) is 2.50. The maximum Gasteiger partial charge on any atom is 0.128 e. The van der Waals surface area contributed by atoms with Gasteiger partial charge in [-0.15, -0.1) is 0 Å². The minimum atomic E-state index is -0.447. The van der Waals surface area contributed by atoms with Gasteiger partial charge in [0.2, 0.25) is 0 Å². The van der Waals surface area contributed by atoms with Gasteiger partial charge in [-0.3, -0.25) is 0 Å². The Labute approximate surface area is 109 Å². The first-order valence-corrected chi connectivity index (χ1v) is 6.63. The number of aliphatic hydroxyl groups excluding tert-OH is 1. The van der Waals surface area contributed by atoms with Crippen molar-refractivity contribution in [3.8, 4) is 0 Å². The summed E-state index contributed by atoms with van der Waals surface area (Å²) in [5.74, 6) is 0.986. The summed E-state index contributed by atoms with van der Waals surface area (Å²) in [6, 6.07) is 4.49. The summed E-state index contributed by atoms with van der Waals surface area (Å²) >= 11 is 0. The van der Waals surface area contributed by atoms with Crippen LogP contribution in [0, 0.1) is 0 Å².